The van der Waals surface area contributed by atoms with Gasteiger partial charge in [-0.25, -0.2) is 4.68 Å². The van der Waals surface area contributed by atoms with Gasteiger partial charge in [-0.3, -0.25) is 0 Å². The van der Waals surface area contributed by atoms with E-state index in [1.54, 1.807) is 22.6 Å². The normalized spacial score (nSPS) is 11.9. The van der Waals surface area contributed by atoms with E-state index in [4.69, 9.17) is 0 Å². The summed E-state index contributed by atoms with van der Waals surface area (Å²) < 4.78 is 40.2. The zero-order valence-electron chi connectivity index (χ0n) is 15.1. The molecule has 1 aromatic heterocycles. The fourth-order valence-electron chi connectivity index (χ4n) is 3.12. The number of hydrogen-bond acceptors (Lipinski definition) is 2. The topological polar surface area (TPSA) is 17.8 Å². The summed E-state index contributed by atoms with van der Waals surface area (Å²) in [7, 11) is 0. The number of para-hydroxylation sites is 1. The molecule has 0 amide bonds. The molecule has 142 valence electrons. The molecule has 0 aliphatic heterocycles. The molecule has 0 atom stereocenters. The number of halogens is 3. The molecule has 0 unspecified atom stereocenters. The molecule has 28 heavy (non-hydrogen) atoms. The molecule has 0 saturated heterocycles. The molecule has 0 radical (unpaired) electrons. The predicted molar refractivity (Wildman–Crippen MR) is 107 cm³/mol. The zero-order valence-corrected chi connectivity index (χ0v) is 15.9. The largest absolute Gasteiger partial charge is 0.416 e. The summed E-state index contributed by atoms with van der Waals surface area (Å²) in [6, 6.07) is 19.4. The molecule has 6 heteroatoms. The van der Waals surface area contributed by atoms with Crippen LogP contribution in [0.25, 0.3) is 16.6 Å². The van der Waals surface area contributed by atoms with E-state index in [0.29, 0.717) is 5.69 Å². The third-order valence-electron chi connectivity index (χ3n) is 4.50. The van der Waals surface area contributed by atoms with E-state index >= 15 is 0 Å². The third-order valence-corrected chi connectivity index (χ3v) is 5.54. The molecule has 0 N–H and O–H groups in total. The Morgan fingerprint density at radius 2 is 1.71 bits per heavy atom. The van der Waals surface area contributed by atoms with Gasteiger partial charge in [0.2, 0.25) is 0 Å². The maximum atomic E-state index is 12.8. The minimum absolute atomic E-state index is 0.607. The van der Waals surface area contributed by atoms with Crippen LogP contribution >= 0.6 is 11.8 Å². The van der Waals surface area contributed by atoms with Gasteiger partial charge in [-0.2, -0.15) is 18.3 Å². The first-order valence-electron chi connectivity index (χ1n) is 8.74. The van der Waals surface area contributed by atoms with Crippen LogP contribution in [-0.4, -0.2) is 9.78 Å². The summed E-state index contributed by atoms with van der Waals surface area (Å²) in [6.45, 7) is 2.06. The van der Waals surface area contributed by atoms with Crippen LogP contribution in [0.15, 0.2) is 77.8 Å². The molecular formula is C22H17F3N2S. The minimum atomic E-state index is -4.35. The lowest BCUT2D eigenvalue weighted by Gasteiger charge is -2.11. The van der Waals surface area contributed by atoms with Gasteiger partial charge in [-0.1, -0.05) is 35.9 Å². The summed E-state index contributed by atoms with van der Waals surface area (Å²) in [4.78, 5) is 1.18. The molecule has 3 aromatic carbocycles. The van der Waals surface area contributed by atoms with Crippen molar-refractivity contribution in [3.8, 4) is 5.69 Å². The molecule has 2 nitrogen and oxygen atoms in total. The highest BCUT2D eigenvalue weighted by Gasteiger charge is 2.30. The van der Waals surface area contributed by atoms with E-state index in [2.05, 4.69) is 30.2 Å². The van der Waals surface area contributed by atoms with Crippen molar-refractivity contribution < 1.29 is 13.2 Å². The average molecular weight is 398 g/mol. The Labute approximate surface area is 165 Å². The summed E-state index contributed by atoms with van der Waals surface area (Å²) >= 11 is 1.73. The van der Waals surface area contributed by atoms with Gasteiger partial charge >= 0.3 is 6.18 Å². The van der Waals surface area contributed by atoms with Crippen LogP contribution in [0, 0.1) is 6.92 Å². The fraction of sp³-hybridized carbons (Fsp3) is 0.136. The molecule has 0 saturated carbocycles. The van der Waals surface area contributed by atoms with Crippen molar-refractivity contribution in [2.45, 2.75) is 23.7 Å². The van der Waals surface area contributed by atoms with Crippen molar-refractivity contribution in [1.82, 2.24) is 9.78 Å². The quantitative estimate of drug-likeness (QED) is 0.358. The maximum absolute atomic E-state index is 12.8. The highest BCUT2D eigenvalue weighted by molar-refractivity contribution is 7.98. The number of thioether (sulfide) groups is 1. The molecular weight excluding hydrogens is 381 g/mol. The molecule has 0 bridgehead atoms. The van der Waals surface area contributed by atoms with Gasteiger partial charge in [0.25, 0.3) is 0 Å². The lowest BCUT2D eigenvalue weighted by atomic mass is 10.1. The number of hydrogen-bond donors (Lipinski definition) is 0. The number of aryl methyl sites for hydroxylation is 1. The maximum Gasteiger partial charge on any atom is 0.416 e. The molecule has 4 aromatic rings. The SMILES string of the molecule is Cc1cccc(SCc2cccc3cnn(-c4ccc(C(F)(F)F)cc4)c23)c1. The molecule has 0 fully saturated rings. The number of fused-ring (bicyclic) bond motifs is 1. The third kappa shape index (κ3) is 3.78. The van der Waals surface area contributed by atoms with Gasteiger partial charge < -0.3 is 0 Å². The Bertz CT molecular complexity index is 1110. The monoisotopic (exact) mass is 398 g/mol. The number of alkyl halides is 3. The lowest BCUT2D eigenvalue weighted by molar-refractivity contribution is -0.137. The van der Waals surface area contributed by atoms with Gasteiger partial charge in [-0.15, -0.1) is 11.8 Å². The Hall–Kier alpha value is -2.73. The van der Waals surface area contributed by atoms with Crippen molar-refractivity contribution >= 4 is 22.7 Å². The van der Waals surface area contributed by atoms with Gasteiger partial charge in [0, 0.05) is 16.0 Å². The smallest absolute Gasteiger partial charge is 0.233 e. The Kier molecular flexibility index (Phi) is 4.89. The van der Waals surface area contributed by atoms with E-state index < -0.39 is 11.7 Å². The highest BCUT2D eigenvalue weighted by atomic mass is 32.2. The zero-order chi connectivity index (χ0) is 19.7. The van der Waals surface area contributed by atoms with Crippen LogP contribution < -0.4 is 0 Å². The fourth-order valence-corrected chi connectivity index (χ4v) is 4.12. The lowest BCUT2D eigenvalue weighted by Crippen LogP contribution is -2.05. The molecule has 0 aliphatic rings. The van der Waals surface area contributed by atoms with E-state index in [9.17, 15) is 13.2 Å². The average Bonchev–Trinajstić information content (AvgIpc) is 3.11. The predicted octanol–water partition coefficient (Wildman–Crippen LogP) is 6.65. The van der Waals surface area contributed by atoms with Gasteiger partial charge in [0.15, 0.2) is 0 Å². The number of benzene rings is 3. The van der Waals surface area contributed by atoms with E-state index in [1.165, 1.54) is 22.6 Å². The van der Waals surface area contributed by atoms with Crippen molar-refractivity contribution in [3.63, 3.8) is 0 Å². The summed E-state index contributed by atoms with van der Waals surface area (Å²) in [6.07, 6.45) is -2.60. The van der Waals surface area contributed by atoms with Crippen LogP contribution in [0.3, 0.4) is 0 Å². The molecule has 4 rings (SSSR count). The standard InChI is InChI=1S/C22H17F3N2S/c1-15-4-2-7-20(12-15)28-14-17-6-3-5-16-13-26-27(21(16)17)19-10-8-18(9-11-19)22(23,24)25/h2-13H,14H2,1H3. The first kappa shape index (κ1) is 18.6. The van der Waals surface area contributed by atoms with Crippen molar-refractivity contribution in [3.05, 3.63) is 89.6 Å². The second-order valence-electron chi connectivity index (χ2n) is 6.56. The molecule has 1 heterocycles. The van der Waals surface area contributed by atoms with E-state index in [1.807, 2.05) is 24.3 Å². The van der Waals surface area contributed by atoms with Crippen LogP contribution in [-0.2, 0) is 11.9 Å². The Morgan fingerprint density at radius 3 is 2.43 bits per heavy atom. The summed E-state index contributed by atoms with van der Waals surface area (Å²) in [5, 5.41) is 5.37. The first-order chi connectivity index (χ1) is 13.4. The number of nitrogens with zero attached hydrogens (tertiary/aromatic N) is 2. The highest BCUT2D eigenvalue weighted by Crippen LogP contribution is 2.32. The summed E-state index contributed by atoms with van der Waals surface area (Å²) in [5.74, 6) is 0.743. The second-order valence-corrected chi connectivity index (χ2v) is 7.61. The minimum Gasteiger partial charge on any atom is -0.233 e. The van der Waals surface area contributed by atoms with Crippen molar-refractivity contribution in [2.24, 2.45) is 0 Å². The van der Waals surface area contributed by atoms with Crippen LogP contribution in [0.1, 0.15) is 16.7 Å². The number of aromatic nitrogens is 2. The van der Waals surface area contributed by atoms with Gasteiger partial charge in [0.1, 0.15) is 0 Å². The van der Waals surface area contributed by atoms with E-state index in [0.717, 1.165) is 34.4 Å². The van der Waals surface area contributed by atoms with E-state index in [-0.39, 0.29) is 0 Å². The Morgan fingerprint density at radius 1 is 0.964 bits per heavy atom. The van der Waals surface area contributed by atoms with Crippen molar-refractivity contribution in [2.75, 3.05) is 0 Å². The summed E-state index contributed by atoms with van der Waals surface area (Å²) in [5.41, 5.74) is 3.15. The van der Waals surface area contributed by atoms with Crippen molar-refractivity contribution in [1.29, 1.82) is 0 Å². The second kappa shape index (κ2) is 7.36. The van der Waals surface area contributed by atoms with Crippen LogP contribution in [0.5, 0.6) is 0 Å². The number of rotatable bonds is 4. The van der Waals surface area contributed by atoms with Gasteiger partial charge in [-0.05, 0) is 48.9 Å². The van der Waals surface area contributed by atoms with Crippen LogP contribution in [0.4, 0.5) is 13.2 Å². The molecule has 0 spiro atoms. The first-order valence-corrected chi connectivity index (χ1v) is 9.73. The Balaban J connectivity index is 1.69. The van der Waals surface area contributed by atoms with Crippen LogP contribution in [0.2, 0.25) is 0 Å². The molecule has 0 aliphatic carbocycles. The van der Waals surface area contributed by atoms with Gasteiger partial charge in [0.05, 0.1) is 23.0 Å².